The first kappa shape index (κ1) is 11.6. The van der Waals surface area contributed by atoms with Gasteiger partial charge in [-0.05, 0) is 20.8 Å². The first-order chi connectivity index (χ1) is 7.90. The summed E-state index contributed by atoms with van der Waals surface area (Å²) in [5.41, 5.74) is 1.59. The molecule has 0 aliphatic heterocycles. The van der Waals surface area contributed by atoms with Crippen LogP contribution in [0.5, 0.6) is 0 Å². The molecule has 17 heavy (non-hydrogen) atoms. The molecule has 0 aliphatic rings. The number of hydrogen-bond acceptors (Lipinski definition) is 4. The van der Waals surface area contributed by atoms with Gasteiger partial charge in [0.15, 0.2) is 10.8 Å². The molecule has 0 amide bonds. The summed E-state index contributed by atoms with van der Waals surface area (Å²) in [6, 6.07) is 0. The van der Waals surface area contributed by atoms with Crippen LogP contribution < -0.4 is 4.72 Å². The van der Waals surface area contributed by atoms with E-state index in [1.807, 2.05) is 6.92 Å². The molecule has 2 aromatic heterocycles. The van der Waals surface area contributed by atoms with Gasteiger partial charge in [0.1, 0.15) is 5.82 Å². The molecule has 8 heteroatoms. The molecule has 0 bridgehead atoms. The Labute approximate surface area is 98.7 Å². The molecule has 0 radical (unpaired) electrons. The molecule has 0 atom stereocenters. The van der Waals surface area contributed by atoms with Crippen molar-refractivity contribution in [2.24, 2.45) is 0 Å². The summed E-state index contributed by atoms with van der Waals surface area (Å²) >= 11 is 0. The highest BCUT2D eigenvalue weighted by Crippen LogP contribution is 2.17. The van der Waals surface area contributed by atoms with Gasteiger partial charge in [0, 0.05) is 11.3 Å². The first-order valence-electron chi connectivity index (χ1n) is 4.96. The lowest BCUT2D eigenvalue weighted by atomic mass is 10.3. The predicted octanol–water partition coefficient (Wildman–Crippen LogP) is 0.859. The van der Waals surface area contributed by atoms with Gasteiger partial charge >= 0.3 is 0 Å². The molecule has 2 heterocycles. The van der Waals surface area contributed by atoms with Gasteiger partial charge in [-0.3, -0.25) is 9.82 Å². The Balaban J connectivity index is 2.33. The average molecular weight is 255 g/mol. The Kier molecular flexibility index (Phi) is 2.66. The van der Waals surface area contributed by atoms with Crippen LogP contribution in [0.25, 0.3) is 0 Å². The fourth-order valence-corrected chi connectivity index (χ4v) is 2.34. The second-order valence-corrected chi connectivity index (χ2v) is 5.41. The minimum atomic E-state index is -3.65. The van der Waals surface area contributed by atoms with Crippen molar-refractivity contribution < 1.29 is 8.42 Å². The number of nitrogens with one attached hydrogen (secondary N) is 3. The Morgan fingerprint density at radius 1 is 1.29 bits per heavy atom. The van der Waals surface area contributed by atoms with Gasteiger partial charge in [0.05, 0.1) is 6.20 Å². The van der Waals surface area contributed by atoms with Gasteiger partial charge in [0.2, 0.25) is 0 Å². The summed E-state index contributed by atoms with van der Waals surface area (Å²) in [5.74, 6) is 0.843. The summed E-state index contributed by atoms with van der Waals surface area (Å²) in [4.78, 5) is 6.51. The van der Waals surface area contributed by atoms with E-state index in [0.717, 1.165) is 11.3 Å². The van der Waals surface area contributed by atoms with Crippen LogP contribution in [0.2, 0.25) is 0 Å². The number of nitrogens with zero attached hydrogens (tertiary/aromatic N) is 2. The van der Waals surface area contributed by atoms with Crippen LogP contribution in [0.3, 0.4) is 0 Å². The van der Waals surface area contributed by atoms with E-state index in [1.54, 1.807) is 13.8 Å². The third kappa shape index (κ3) is 2.16. The number of rotatable bonds is 3. The van der Waals surface area contributed by atoms with E-state index in [0.29, 0.717) is 11.6 Å². The van der Waals surface area contributed by atoms with Gasteiger partial charge < -0.3 is 4.98 Å². The smallest absolute Gasteiger partial charge is 0.280 e. The van der Waals surface area contributed by atoms with E-state index < -0.39 is 10.0 Å². The molecular weight excluding hydrogens is 242 g/mol. The molecule has 0 aliphatic carbocycles. The van der Waals surface area contributed by atoms with Crippen LogP contribution >= 0.6 is 0 Å². The maximum atomic E-state index is 11.9. The molecular formula is C9H13N5O2S. The number of aryl methyl sites for hydroxylation is 2. The monoisotopic (exact) mass is 255 g/mol. The lowest BCUT2D eigenvalue weighted by Crippen LogP contribution is -2.14. The number of sulfonamides is 1. The summed E-state index contributed by atoms with van der Waals surface area (Å²) < 4.78 is 26.3. The SMILES string of the molecule is Cc1ncc(S(=O)(=O)Nc2n[nH]c(C)c2C)[nH]1. The molecule has 0 saturated heterocycles. The minimum absolute atomic E-state index is 0.0232. The highest BCUT2D eigenvalue weighted by Gasteiger charge is 2.19. The minimum Gasteiger partial charge on any atom is -0.332 e. The second kappa shape index (κ2) is 3.88. The van der Waals surface area contributed by atoms with Crippen molar-refractivity contribution in [1.82, 2.24) is 20.2 Å². The summed E-state index contributed by atoms with van der Waals surface area (Å²) in [7, 11) is -3.65. The van der Waals surface area contributed by atoms with E-state index in [9.17, 15) is 8.42 Å². The molecule has 0 unspecified atom stereocenters. The van der Waals surface area contributed by atoms with E-state index in [-0.39, 0.29) is 5.03 Å². The van der Waals surface area contributed by atoms with Gasteiger partial charge in [-0.25, -0.2) is 4.98 Å². The number of hydrogen-bond donors (Lipinski definition) is 3. The van der Waals surface area contributed by atoms with Crippen molar-refractivity contribution >= 4 is 15.8 Å². The Hall–Kier alpha value is -1.83. The zero-order valence-corrected chi connectivity index (χ0v) is 10.5. The zero-order valence-electron chi connectivity index (χ0n) is 9.70. The molecule has 92 valence electrons. The van der Waals surface area contributed by atoms with Gasteiger partial charge in [-0.15, -0.1) is 0 Å². The molecule has 0 saturated carbocycles. The highest BCUT2D eigenvalue weighted by atomic mass is 32.2. The Morgan fingerprint density at radius 3 is 2.47 bits per heavy atom. The standard InChI is InChI=1S/C9H13N5O2S/c1-5-6(2)12-13-9(5)14-17(15,16)8-4-10-7(3)11-8/h4H,1-3H3,(H,10,11)(H2,12,13,14). The van der Waals surface area contributed by atoms with Crippen LogP contribution in [0.4, 0.5) is 5.82 Å². The molecule has 2 aromatic rings. The summed E-state index contributed by atoms with van der Waals surface area (Å²) in [5, 5.41) is 6.62. The normalized spacial score (nSPS) is 11.7. The van der Waals surface area contributed by atoms with Crippen LogP contribution in [0.15, 0.2) is 11.2 Å². The quantitative estimate of drug-likeness (QED) is 0.756. The molecule has 3 N–H and O–H groups in total. The Morgan fingerprint density at radius 2 is 2.00 bits per heavy atom. The maximum Gasteiger partial charge on any atom is 0.280 e. The Bertz CT molecular complexity index is 640. The van der Waals surface area contributed by atoms with Crippen molar-refractivity contribution in [2.45, 2.75) is 25.8 Å². The second-order valence-electron chi connectivity index (χ2n) is 3.76. The fraction of sp³-hybridized carbons (Fsp3) is 0.333. The van der Waals surface area contributed by atoms with E-state index in [2.05, 4.69) is 24.9 Å². The topological polar surface area (TPSA) is 104 Å². The molecule has 2 rings (SSSR count). The molecule has 0 fully saturated rings. The number of anilines is 1. The van der Waals surface area contributed by atoms with Crippen LogP contribution in [-0.4, -0.2) is 28.6 Å². The number of H-pyrrole nitrogens is 2. The number of aromatic amines is 2. The maximum absolute atomic E-state index is 11.9. The van der Waals surface area contributed by atoms with Gasteiger partial charge in [-0.2, -0.15) is 13.5 Å². The predicted molar refractivity (Wildman–Crippen MR) is 62.2 cm³/mol. The molecule has 7 nitrogen and oxygen atoms in total. The summed E-state index contributed by atoms with van der Waals surface area (Å²) in [6.07, 6.45) is 1.27. The van der Waals surface area contributed by atoms with Crippen LogP contribution in [0, 0.1) is 20.8 Å². The average Bonchev–Trinajstić information content (AvgIpc) is 2.80. The van der Waals surface area contributed by atoms with Crippen molar-refractivity contribution in [3.63, 3.8) is 0 Å². The highest BCUT2D eigenvalue weighted by molar-refractivity contribution is 7.92. The lowest BCUT2D eigenvalue weighted by molar-refractivity contribution is 0.598. The van der Waals surface area contributed by atoms with Gasteiger partial charge in [-0.1, -0.05) is 0 Å². The largest absolute Gasteiger partial charge is 0.332 e. The van der Waals surface area contributed by atoms with Crippen molar-refractivity contribution in [3.8, 4) is 0 Å². The number of imidazole rings is 1. The van der Waals surface area contributed by atoms with Crippen molar-refractivity contribution in [1.29, 1.82) is 0 Å². The summed E-state index contributed by atoms with van der Waals surface area (Å²) in [6.45, 7) is 5.29. The third-order valence-corrected chi connectivity index (χ3v) is 3.70. The van der Waals surface area contributed by atoms with Gasteiger partial charge in [0.25, 0.3) is 10.0 Å². The molecule has 0 spiro atoms. The van der Waals surface area contributed by atoms with E-state index in [4.69, 9.17) is 0 Å². The van der Waals surface area contributed by atoms with Crippen molar-refractivity contribution in [3.05, 3.63) is 23.3 Å². The lowest BCUT2D eigenvalue weighted by Gasteiger charge is -2.03. The third-order valence-electron chi connectivity index (χ3n) is 2.45. The van der Waals surface area contributed by atoms with Crippen LogP contribution in [-0.2, 0) is 10.0 Å². The van der Waals surface area contributed by atoms with E-state index >= 15 is 0 Å². The van der Waals surface area contributed by atoms with E-state index in [1.165, 1.54) is 6.20 Å². The first-order valence-corrected chi connectivity index (χ1v) is 6.44. The number of aromatic nitrogens is 4. The fourth-order valence-electron chi connectivity index (χ4n) is 1.30. The van der Waals surface area contributed by atoms with Crippen molar-refractivity contribution in [2.75, 3.05) is 4.72 Å². The van der Waals surface area contributed by atoms with Crippen LogP contribution in [0.1, 0.15) is 17.1 Å². The zero-order chi connectivity index (χ0) is 12.6. The molecule has 0 aromatic carbocycles.